The molecule has 48 heavy (non-hydrogen) atoms. The highest BCUT2D eigenvalue weighted by atomic mass is 32.2. The van der Waals surface area contributed by atoms with Crippen LogP contribution in [0, 0.1) is 0 Å². The molecule has 0 saturated carbocycles. The quantitative estimate of drug-likeness (QED) is 0.143. The molecule has 0 aromatic rings. The van der Waals surface area contributed by atoms with Crippen molar-refractivity contribution in [1.82, 2.24) is 0 Å². The van der Waals surface area contributed by atoms with Gasteiger partial charge in [0.2, 0.25) is 0 Å². The molecule has 0 aliphatic carbocycles. The summed E-state index contributed by atoms with van der Waals surface area (Å²) in [5.74, 6) is 0. The summed E-state index contributed by atoms with van der Waals surface area (Å²) in [5, 5.41) is -4.59. The number of hydrogen-bond acceptors (Lipinski definition) is 12. The molecule has 290 valence electrons. The molecule has 0 rings (SSSR count). The lowest BCUT2D eigenvalue weighted by Gasteiger charge is -2.58. The zero-order valence-corrected chi connectivity index (χ0v) is 33.3. The second-order valence-corrected chi connectivity index (χ2v) is 51.4. The van der Waals surface area contributed by atoms with Gasteiger partial charge in [-0.1, -0.05) is 67.7 Å². The van der Waals surface area contributed by atoms with E-state index in [4.69, 9.17) is 0 Å². The first-order valence-corrected chi connectivity index (χ1v) is 30.4. The number of rotatable bonds is 11. The molecule has 0 bridgehead atoms. The Labute approximate surface area is 271 Å². The molecule has 0 aromatic carbocycles. The summed E-state index contributed by atoms with van der Waals surface area (Å²) >= 11 is 0. The average molecular weight is 883 g/mol. The minimum Gasteiger partial charge on any atom is -0.277 e. The van der Waals surface area contributed by atoms with E-state index in [1.807, 2.05) is 0 Å². The van der Waals surface area contributed by atoms with Crippen LogP contribution in [0.4, 0.5) is 52.7 Å². The minimum atomic E-state index is -8.03. The van der Waals surface area contributed by atoms with Crippen LogP contribution in [-0.2, 0) is 56.0 Å². The fourth-order valence-electron chi connectivity index (χ4n) is 3.28. The second kappa shape index (κ2) is 12.7. The summed E-state index contributed by atoms with van der Waals surface area (Å²) in [4.78, 5) is 0. The third-order valence-electron chi connectivity index (χ3n) is 7.87. The molecule has 12 nitrogen and oxygen atoms in total. The van der Waals surface area contributed by atoms with Gasteiger partial charge in [0.25, 0.3) is 0 Å². The fourth-order valence-corrected chi connectivity index (χ4v) is 92.3. The maximum Gasteiger partial charge on any atom is 0.522 e. The van der Waals surface area contributed by atoms with Gasteiger partial charge in [0.05, 0.1) is 0 Å². The molecule has 0 aromatic heterocycles. The van der Waals surface area contributed by atoms with E-state index in [-0.39, 0.29) is 0 Å². The summed E-state index contributed by atoms with van der Waals surface area (Å²) in [6.07, 6.45) is 0. The molecule has 0 unspecified atom stereocenters. The van der Waals surface area contributed by atoms with Crippen molar-refractivity contribution in [3.63, 3.8) is 0 Å². The van der Waals surface area contributed by atoms with Crippen molar-refractivity contribution < 1.29 is 102 Å². The van der Waals surface area contributed by atoms with Crippen molar-refractivity contribution in [2.75, 3.05) is 0 Å². The van der Waals surface area contributed by atoms with E-state index in [0.717, 1.165) is 41.5 Å². The predicted molar refractivity (Wildman–Crippen MR) is 150 cm³/mol. The molecule has 0 amide bonds. The van der Waals surface area contributed by atoms with Gasteiger partial charge in [-0.25, -0.2) is 0 Å². The maximum absolute atomic E-state index is 13.9. The normalized spacial score (nSPS) is 16.7. The number of halogens is 12. The highest BCUT2D eigenvalue weighted by Gasteiger charge is 2.89. The molecule has 32 heteroatoms. The van der Waals surface area contributed by atoms with Crippen LogP contribution in [0.2, 0.25) is 36.3 Å². The van der Waals surface area contributed by atoms with Crippen molar-refractivity contribution in [2.45, 2.75) is 99.8 Å². The van der Waals surface area contributed by atoms with E-state index in [1.54, 1.807) is 0 Å². The summed E-state index contributed by atoms with van der Waals surface area (Å²) in [7, 11) is -58.6. The molecule has 0 aliphatic heterocycles. The standard InChI is InChI=1S/C16H30F12O12S4Si4/c1-11(2,3)45(7,8)47(37-41(29,30)13(17,18)19,38-42(31,32)14(20,21)22)48(46(9,10)12(4,5)6,39-43(33,34)15(23,24)25)40-44(35,36)16(26,27)28/h1-10H3. The Kier molecular flexibility index (Phi) is 12.6. The van der Waals surface area contributed by atoms with Gasteiger partial charge in [-0.3, -0.25) is 15.5 Å². The highest BCUT2D eigenvalue weighted by molar-refractivity contribution is 8.00. The smallest absolute Gasteiger partial charge is 0.277 e. The molecule has 0 spiro atoms. The van der Waals surface area contributed by atoms with Crippen LogP contribution < -0.4 is 0 Å². The Morgan fingerprint density at radius 1 is 0.354 bits per heavy atom. The van der Waals surface area contributed by atoms with Gasteiger partial charge in [-0.2, -0.15) is 86.4 Å². The first-order valence-electron chi connectivity index (χ1n) is 12.2. The second-order valence-electron chi connectivity index (χ2n) is 12.9. The molecule has 0 aliphatic rings. The topological polar surface area (TPSA) is 173 Å². The van der Waals surface area contributed by atoms with Gasteiger partial charge in [-0.05, 0) is 10.1 Å². The zero-order valence-electron chi connectivity index (χ0n) is 26.1. The van der Waals surface area contributed by atoms with Crippen LogP contribution in [0.15, 0.2) is 0 Å². The molecule has 0 radical (unpaired) electrons. The van der Waals surface area contributed by atoms with Crippen LogP contribution in [0.5, 0.6) is 0 Å². The van der Waals surface area contributed by atoms with E-state index < -0.39 is 103 Å². The van der Waals surface area contributed by atoms with Crippen molar-refractivity contribution >= 4 is 70.8 Å². The molecular formula is C16H30F12O12S4Si4. The molecule has 0 saturated heterocycles. The lowest BCUT2D eigenvalue weighted by atomic mass is 10.2. The van der Waals surface area contributed by atoms with Crippen LogP contribution in [0.25, 0.3) is 0 Å². The molecule has 0 N–H and O–H groups in total. The van der Waals surface area contributed by atoms with Crippen molar-refractivity contribution in [1.29, 1.82) is 0 Å². The number of alkyl halides is 12. The fraction of sp³-hybridized carbons (Fsp3) is 1.00. The van der Waals surface area contributed by atoms with E-state index >= 15 is 0 Å². The molecule has 0 heterocycles. The lowest BCUT2D eigenvalue weighted by molar-refractivity contribution is -0.0548. The lowest BCUT2D eigenvalue weighted by Crippen LogP contribution is -2.92. The third-order valence-corrected chi connectivity index (χ3v) is 71.5. The Bertz CT molecular complexity index is 1440. The Morgan fingerprint density at radius 3 is 0.562 bits per heavy atom. The minimum absolute atomic E-state index is 0.360. The van der Waals surface area contributed by atoms with E-state index in [0.29, 0.717) is 26.2 Å². The average Bonchev–Trinajstić information content (AvgIpc) is 2.72. The van der Waals surface area contributed by atoms with Gasteiger partial charge in [-0.15, -0.1) is 0 Å². The van der Waals surface area contributed by atoms with Gasteiger partial charge >= 0.3 is 77.7 Å². The Morgan fingerprint density at radius 2 is 0.479 bits per heavy atom. The molecule has 0 atom stereocenters. The van der Waals surface area contributed by atoms with Crippen molar-refractivity contribution in [3.8, 4) is 0 Å². The zero-order chi connectivity index (χ0) is 39.8. The highest BCUT2D eigenvalue weighted by Crippen LogP contribution is 2.57. The van der Waals surface area contributed by atoms with Crippen LogP contribution in [-0.4, -0.2) is 86.1 Å². The summed E-state index contributed by atoms with van der Waals surface area (Å²) < 4.78 is 285. The van der Waals surface area contributed by atoms with Crippen LogP contribution in [0.3, 0.4) is 0 Å². The van der Waals surface area contributed by atoms with Gasteiger partial charge < -0.3 is 0 Å². The van der Waals surface area contributed by atoms with Gasteiger partial charge in [0.1, 0.15) is 15.2 Å². The van der Waals surface area contributed by atoms with E-state index in [2.05, 4.69) is 15.5 Å². The monoisotopic (exact) mass is 882 g/mol. The third kappa shape index (κ3) is 8.32. The van der Waals surface area contributed by atoms with Gasteiger partial charge in [0.15, 0.2) is 0 Å². The van der Waals surface area contributed by atoms with Crippen molar-refractivity contribution in [2.24, 2.45) is 0 Å². The first-order chi connectivity index (χ1) is 20.1. The Hall–Kier alpha value is -0.332. The first kappa shape index (κ1) is 47.7. The number of hydrogen-bond donors (Lipinski definition) is 0. The molecule has 0 fully saturated rings. The van der Waals surface area contributed by atoms with E-state index in [1.165, 1.54) is 0 Å². The van der Waals surface area contributed by atoms with Crippen molar-refractivity contribution in [3.05, 3.63) is 0 Å². The largest absolute Gasteiger partial charge is 0.522 e. The van der Waals surface area contributed by atoms with Crippen LogP contribution >= 0.6 is 0 Å². The summed E-state index contributed by atoms with van der Waals surface area (Å²) in [5.41, 5.74) is -27.7. The predicted octanol–water partition coefficient (Wildman–Crippen LogP) is 5.59. The Balaban J connectivity index is 10.1. The van der Waals surface area contributed by atoms with Gasteiger partial charge in [0, 0.05) is 0 Å². The van der Waals surface area contributed by atoms with E-state index in [9.17, 15) is 86.4 Å². The van der Waals surface area contributed by atoms with Crippen LogP contribution in [0.1, 0.15) is 41.5 Å². The summed E-state index contributed by atoms with van der Waals surface area (Å²) in [6.45, 7) is 5.91. The SMILES string of the molecule is CC(C)(C)[Si](C)(C)[Si](OS(=O)(=O)C(F)(F)F)(OS(=O)(=O)C(F)(F)F)[Si](OS(=O)(=O)C(F)(F)F)(OS(=O)(=O)C(F)(F)F)[Si](C)(C)C(C)(C)C. The molecular weight excluding hydrogens is 853 g/mol. The summed E-state index contributed by atoms with van der Waals surface area (Å²) in [6, 6.07) is 0. The maximum atomic E-state index is 13.9.